The number of rotatable bonds is 2. The van der Waals surface area contributed by atoms with Crippen molar-refractivity contribution in [1.29, 1.82) is 0 Å². The van der Waals surface area contributed by atoms with Crippen LogP contribution in [-0.4, -0.2) is 8.07 Å². The summed E-state index contributed by atoms with van der Waals surface area (Å²) in [6.45, 7) is 2.23. The quantitative estimate of drug-likeness (QED) is 0.685. The van der Waals surface area contributed by atoms with Crippen LogP contribution in [0.15, 0.2) is 54.1 Å². The van der Waals surface area contributed by atoms with Crippen LogP contribution in [0, 0.1) is 0 Å². The average Bonchev–Trinajstić information content (AvgIpc) is 2.99. The van der Waals surface area contributed by atoms with Crippen molar-refractivity contribution in [2.45, 2.75) is 37.4 Å². The smallest absolute Gasteiger partial charge is 0.0797 e. The monoisotopic (exact) mass is 240 g/mol. The summed E-state index contributed by atoms with van der Waals surface area (Å²) in [5, 5.41) is 1.68. The Morgan fingerprint density at radius 3 is 2.35 bits per heavy atom. The standard InChI is InChI=1S/C16H20Si/c1-14-9-10-16(13-14)17(11-5-6-12-17)15-7-3-2-4-8-15/h2-4,7-10,13,16H,5-6,11-12H2,1H3. The largest absolute Gasteiger partial charge is 0.0971 e. The van der Waals surface area contributed by atoms with E-state index in [4.69, 9.17) is 0 Å². The lowest BCUT2D eigenvalue weighted by molar-refractivity contribution is 0.935. The Balaban J connectivity index is 2.02. The van der Waals surface area contributed by atoms with Crippen molar-refractivity contribution in [3.63, 3.8) is 0 Å². The van der Waals surface area contributed by atoms with Crippen LogP contribution >= 0.6 is 0 Å². The molecule has 1 unspecified atom stereocenters. The van der Waals surface area contributed by atoms with Gasteiger partial charge in [-0.2, -0.15) is 0 Å². The number of allylic oxidation sites excluding steroid dienone is 4. The highest BCUT2D eigenvalue weighted by molar-refractivity contribution is 6.94. The Morgan fingerprint density at radius 1 is 1.06 bits per heavy atom. The molecular weight excluding hydrogens is 220 g/mol. The Kier molecular flexibility index (Phi) is 2.79. The summed E-state index contributed by atoms with van der Waals surface area (Å²) >= 11 is 0. The fourth-order valence-corrected chi connectivity index (χ4v) is 9.13. The van der Waals surface area contributed by atoms with Crippen LogP contribution in [0.1, 0.15) is 19.8 Å². The van der Waals surface area contributed by atoms with Crippen molar-refractivity contribution >= 4 is 13.3 Å². The highest BCUT2D eigenvalue weighted by Gasteiger charge is 2.43. The third kappa shape index (κ3) is 1.83. The number of hydrogen-bond acceptors (Lipinski definition) is 0. The molecule has 0 radical (unpaired) electrons. The van der Waals surface area contributed by atoms with E-state index < -0.39 is 8.07 Å². The molecule has 1 heterocycles. The Bertz CT molecular complexity index is 450. The molecule has 0 spiro atoms. The molecule has 0 N–H and O–H groups in total. The van der Waals surface area contributed by atoms with Gasteiger partial charge in [0.1, 0.15) is 0 Å². The Hall–Kier alpha value is -1.08. The highest BCUT2D eigenvalue weighted by atomic mass is 28.3. The van der Waals surface area contributed by atoms with Gasteiger partial charge in [0.2, 0.25) is 0 Å². The van der Waals surface area contributed by atoms with Gasteiger partial charge in [0.25, 0.3) is 0 Å². The lowest BCUT2D eigenvalue weighted by atomic mass is 10.3. The van der Waals surface area contributed by atoms with E-state index in [9.17, 15) is 0 Å². The lowest BCUT2D eigenvalue weighted by Crippen LogP contribution is -2.47. The van der Waals surface area contributed by atoms with Gasteiger partial charge in [-0.25, -0.2) is 0 Å². The summed E-state index contributed by atoms with van der Waals surface area (Å²) in [5.41, 5.74) is 2.22. The second kappa shape index (κ2) is 4.30. The van der Waals surface area contributed by atoms with Crippen LogP contribution < -0.4 is 5.19 Å². The zero-order valence-electron chi connectivity index (χ0n) is 10.5. The molecule has 0 saturated carbocycles. The van der Waals surface area contributed by atoms with E-state index in [0.717, 1.165) is 5.54 Å². The Labute approximate surface area is 105 Å². The predicted molar refractivity (Wildman–Crippen MR) is 77.3 cm³/mol. The second-order valence-electron chi connectivity index (χ2n) is 5.52. The first-order valence-corrected chi connectivity index (χ1v) is 9.23. The van der Waals surface area contributed by atoms with E-state index in [2.05, 4.69) is 55.5 Å². The first-order chi connectivity index (χ1) is 8.31. The molecule has 1 aromatic rings. The van der Waals surface area contributed by atoms with E-state index >= 15 is 0 Å². The molecule has 1 aliphatic heterocycles. The summed E-state index contributed by atoms with van der Waals surface area (Å²) in [6.07, 6.45) is 10.2. The minimum atomic E-state index is -1.28. The summed E-state index contributed by atoms with van der Waals surface area (Å²) in [4.78, 5) is 0. The van der Waals surface area contributed by atoms with Gasteiger partial charge in [0.05, 0.1) is 8.07 Å². The van der Waals surface area contributed by atoms with Crippen LogP contribution in [0.25, 0.3) is 0 Å². The topological polar surface area (TPSA) is 0 Å². The maximum absolute atomic E-state index is 2.52. The van der Waals surface area contributed by atoms with Gasteiger partial charge in [-0.1, -0.05) is 84.2 Å². The van der Waals surface area contributed by atoms with Gasteiger partial charge < -0.3 is 0 Å². The molecule has 88 valence electrons. The van der Waals surface area contributed by atoms with Crippen LogP contribution in [0.4, 0.5) is 0 Å². The number of benzene rings is 1. The van der Waals surface area contributed by atoms with Gasteiger partial charge in [-0.05, 0) is 12.5 Å². The fraction of sp³-hybridized carbons (Fsp3) is 0.375. The van der Waals surface area contributed by atoms with Crippen molar-refractivity contribution in [2.24, 2.45) is 0 Å². The first kappa shape index (κ1) is 11.0. The van der Waals surface area contributed by atoms with Crippen LogP contribution in [0.3, 0.4) is 0 Å². The molecule has 0 amide bonds. The maximum atomic E-state index is 2.52. The van der Waals surface area contributed by atoms with Crippen LogP contribution in [0.5, 0.6) is 0 Å². The normalized spacial score (nSPS) is 26.2. The zero-order valence-corrected chi connectivity index (χ0v) is 11.5. The molecular formula is C16H20Si. The maximum Gasteiger partial charge on any atom is 0.0971 e. The molecule has 0 aromatic heterocycles. The molecule has 0 bridgehead atoms. The molecule has 0 nitrogen and oxygen atoms in total. The van der Waals surface area contributed by atoms with E-state index in [1.54, 1.807) is 5.19 Å². The van der Waals surface area contributed by atoms with Crippen molar-refractivity contribution < 1.29 is 0 Å². The van der Waals surface area contributed by atoms with E-state index in [0.29, 0.717) is 0 Å². The van der Waals surface area contributed by atoms with Gasteiger partial charge in [0.15, 0.2) is 0 Å². The van der Waals surface area contributed by atoms with E-state index in [1.807, 2.05) is 0 Å². The third-order valence-electron chi connectivity index (χ3n) is 4.49. The lowest BCUT2D eigenvalue weighted by Gasteiger charge is -2.32. The predicted octanol–water partition coefficient (Wildman–Crippen LogP) is 4.02. The van der Waals surface area contributed by atoms with Gasteiger partial charge in [0, 0.05) is 0 Å². The molecule has 1 saturated heterocycles. The van der Waals surface area contributed by atoms with Crippen molar-refractivity contribution in [3.05, 3.63) is 54.1 Å². The molecule has 1 aliphatic carbocycles. The highest BCUT2D eigenvalue weighted by Crippen LogP contribution is 2.42. The first-order valence-electron chi connectivity index (χ1n) is 6.73. The Morgan fingerprint density at radius 2 is 1.76 bits per heavy atom. The molecule has 2 aliphatic rings. The summed E-state index contributed by atoms with van der Waals surface area (Å²) < 4.78 is 0. The summed E-state index contributed by atoms with van der Waals surface area (Å²) in [5.74, 6) is 0. The summed E-state index contributed by atoms with van der Waals surface area (Å²) in [6, 6.07) is 14.3. The van der Waals surface area contributed by atoms with Gasteiger partial charge >= 0.3 is 0 Å². The minimum Gasteiger partial charge on any atom is -0.0797 e. The average molecular weight is 240 g/mol. The molecule has 3 rings (SSSR count). The second-order valence-corrected chi connectivity index (χ2v) is 10.1. The number of hydrogen-bond donors (Lipinski definition) is 0. The van der Waals surface area contributed by atoms with E-state index in [-0.39, 0.29) is 0 Å². The molecule has 1 aromatic carbocycles. The molecule has 1 fully saturated rings. The fourth-order valence-electron chi connectivity index (χ4n) is 3.58. The summed E-state index contributed by atoms with van der Waals surface area (Å²) in [7, 11) is -1.28. The molecule has 1 heteroatoms. The molecule has 17 heavy (non-hydrogen) atoms. The molecule has 1 atom stereocenters. The van der Waals surface area contributed by atoms with E-state index in [1.165, 1.54) is 30.5 Å². The van der Waals surface area contributed by atoms with Crippen molar-refractivity contribution in [1.82, 2.24) is 0 Å². The van der Waals surface area contributed by atoms with Gasteiger partial charge in [-0.3, -0.25) is 0 Å². The SMILES string of the molecule is CC1=CC([Si]2(c3ccccc3)CCCC2)C=C1. The van der Waals surface area contributed by atoms with Crippen LogP contribution in [-0.2, 0) is 0 Å². The third-order valence-corrected chi connectivity index (χ3v) is 10.1. The van der Waals surface area contributed by atoms with Gasteiger partial charge in [-0.15, -0.1) is 0 Å². The minimum absolute atomic E-state index is 0.757. The van der Waals surface area contributed by atoms with Crippen LogP contribution in [0.2, 0.25) is 17.6 Å². The van der Waals surface area contributed by atoms with Crippen molar-refractivity contribution in [2.75, 3.05) is 0 Å². The van der Waals surface area contributed by atoms with Crippen molar-refractivity contribution in [3.8, 4) is 0 Å². The zero-order chi connectivity index (χ0) is 11.7.